The molecule has 0 aliphatic carbocycles. The normalized spacial score (nSPS) is 11.4. The van der Waals surface area contributed by atoms with Crippen LogP contribution < -0.4 is 5.56 Å². The van der Waals surface area contributed by atoms with Crippen LogP contribution in [0, 0.1) is 0 Å². The number of nitrogens with one attached hydrogen (secondary N) is 1. The summed E-state index contributed by atoms with van der Waals surface area (Å²) in [5.41, 5.74) is -3.19. The van der Waals surface area contributed by atoms with Gasteiger partial charge in [0.05, 0.1) is 12.1 Å². The van der Waals surface area contributed by atoms with E-state index >= 15 is 0 Å². The molecule has 1 aromatic heterocycles. The maximum absolute atomic E-state index is 12.2. The number of hydrogen-bond acceptors (Lipinski definition) is 3. The first-order valence-electron chi connectivity index (χ1n) is 3.68. The Bertz CT molecular complexity index is 438. The fraction of sp³-hybridized carbons (Fsp3) is 0.286. The third-order valence-corrected chi connectivity index (χ3v) is 1.49. The van der Waals surface area contributed by atoms with Crippen LogP contribution >= 0.6 is 0 Å². The first-order chi connectivity index (χ1) is 6.80. The van der Waals surface area contributed by atoms with Crippen LogP contribution in [0.2, 0.25) is 0 Å². The lowest BCUT2D eigenvalue weighted by Crippen LogP contribution is -2.23. The van der Waals surface area contributed by atoms with E-state index in [0.717, 1.165) is 0 Å². The van der Waals surface area contributed by atoms with E-state index in [0.29, 0.717) is 6.07 Å². The van der Waals surface area contributed by atoms with E-state index in [9.17, 15) is 22.8 Å². The Labute approximate surface area is 80.5 Å². The number of aromatic nitrogens is 2. The minimum Gasteiger partial charge on any atom is -0.481 e. The molecule has 0 bridgehead atoms. The minimum atomic E-state index is -4.82. The number of carboxylic acids is 1. The molecule has 0 atom stereocenters. The SMILES string of the molecule is O=C(O)Cc1cc(C(F)(F)F)c(=O)[nH]n1. The third-order valence-electron chi connectivity index (χ3n) is 1.49. The van der Waals surface area contributed by atoms with Crippen molar-refractivity contribution in [2.24, 2.45) is 0 Å². The lowest BCUT2D eigenvalue weighted by molar-refractivity contribution is -0.139. The zero-order valence-electron chi connectivity index (χ0n) is 7.13. The van der Waals surface area contributed by atoms with E-state index in [-0.39, 0.29) is 5.69 Å². The molecule has 0 aliphatic rings. The van der Waals surface area contributed by atoms with E-state index < -0.39 is 29.7 Å². The Balaban J connectivity index is 3.17. The second-order valence-electron chi connectivity index (χ2n) is 2.67. The van der Waals surface area contributed by atoms with Gasteiger partial charge in [0.2, 0.25) is 0 Å². The number of H-pyrrole nitrogens is 1. The molecule has 5 nitrogen and oxygen atoms in total. The first-order valence-corrected chi connectivity index (χ1v) is 3.68. The summed E-state index contributed by atoms with van der Waals surface area (Å²) in [5.74, 6) is -1.33. The van der Waals surface area contributed by atoms with Crippen LogP contribution in [0.3, 0.4) is 0 Å². The standard InChI is InChI=1S/C7H5F3N2O3/c8-7(9,10)4-1-3(2-5(13)14)11-12-6(4)15/h1H,2H2,(H,12,15)(H,13,14). The molecule has 0 unspecified atom stereocenters. The highest BCUT2D eigenvalue weighted by Crippen LogP contribution is 2.26. The van der Waals surface area contributed by atoms with E-state index in [1.807, 2.05) is 0 Å². The molecule has 0 aromatic carbocycles. The Morgan fingerprint density at radius 2 is 2.13 bits per heavy atom. The van der Waals surface area contributed by atoms with Crippen LogP contribution in [0.1, 0.15) is 11.3 Å². The summed E-state index contributed by atoms with van der Waals surface area (Å²) in [6.07, 6.45) is -5.50. The van der Waals surface area contributed by atoms with E-state index in [4.69, 9.17) is 5.11 Å². The average molecular weight is 222 g/mol. The second kappa shape index (κ2) is 3.71. The molecule has 0 saturated heterocycles. The van der Waals surface area contributed by atoms with Gasteiger partial charge in [0.25, 0.3) is 5.56 Å². The summed E-state index contributed by atoms with van der Waals surface area (Å²) in [6.45, 7) is 0. The Hall–Kier alpha value is -1.86. The van der Waals surface area contributed by atoms with Gasteiger partial charge in [-0.2, -0.15) is 18.3 Å². The van der Waals surface area contributed by atoms with Gasteiger partial charge >= 0.3 is 12.1 Å². The number of nitrogens with zero attached hydrogens (tertiary/aromatic N) is 1. The van der Waals surface area contributed by atoms with Gasteiger partial charge in [-0.05, 0) is 6.07 Å². The maximum atomic E-state index is 12.2. The Morgan fingerprint density at radius 1 is 1.53 bits per heavy atom. The molecule has 0 saturated carbocycles. The summed E-state index contributed by atoms with van der Waals surface area (Å²) in [5, 5.41) is 13.1. The van der Waals surface area contributed by atoms with Crippen molar-refractivity contribution in [3.8, 4) is 0 Å². The van der Waals surface area contributed by atoms with Crippen LogP contribution in [-0.2, 0) is 17.4 Å². The molecule has 82 valence electrons. The smallest absolute Gasteiger partial charge is 0.421 e. The van der Waals surface area contributed by atoms with Crippen molar-refractivity contribution in [3.05, 3.63) is 27.7 Å². The highest BCUT2D eigenvalue weighted by molar-refractivity contribution is 5.69. The molecule has 0 amide bonds. The van der Waals surface area contributed by atoms with Gasteiger partial charge in [0.15, 0.2) is 0 Å². The number of aromatic amines is 1. The topological polar surface area (TPSA) is 83.0 Å². The first kappa shape index (κ1) is 11.2. The molecular formula is C7H5F3N2O3. The van der Waals surface area contributed by atoms with E-state index in [1.165, 1.54) is 0 Å². The molecule has 0 aliphatic heterocycles. The van der Waals surface area contributed by atoms with Crippen molar-refractivity contribution in [1.29, 1.82) is 0 Å². The van der Waals surface area contributed by atoms with Crippen molar-refractivity contribution >= 4 is 5.97 Å². The fourth-order valence-corrected chi connectivity index (χ4v) is 0.903. The van der Waals surface area contributed by atoms with Crippen molar-refractivity contribution < 1.29 is 23.1 Å². The minimum absolute atomic E-state index is 0.352. The van der Waals surface area contributed by atoms with Gasteiger partial charge in [0.1, 0.15) is 5.56 Å². The maximum Gasteiger partial charge on any atom is 0.421 e. The summed E-state index contributed by atoms with van der Waals surface area (Å²) >= 11 is 0. The summed E-state index contributed by atoms with van der Waals surface area (Å²) in [7, 11) is 0. The number of hydrogen-bond donors (Lipinski definition) is 2. The van der Waals surface area contributed by atoms with Crippen LogP contribution in [0.5, 0.6) is 0 Å². The predicted octanol–water partition coefficient (Wildman–Crippen LogP) is 0.416. The highest BCUT2D eigenvalue weighted by atomic mass is 19.4. The van der Waals surface area contributed by atoms with Gasteiger partial charge in [-0.1, -0.05) is 0 Å². The molecule has 0 radical (unpaired) electrons. The van der Waals surface area contributed by atoms with Gasteiger partial charge in [-0.15, -0.1) is 0 Å². The monoisotopic (exact) mass is 222 g/mol. The molecule has 0 spiro atoms. The Kier molecular flexibility index (Phi) is 2.78. The lowest BCUT2D eigenvalue weighted by Gasteiger charge is -2.05. The van der Waals surface area contributed by atoms with Crippen LogP contribution in [0.25, 0.3) is 0 Å². The van der Waals surface area contributed by atoms with Crippen molar-refractivity contribution in [3.63, 3.8) is 0 Å². The predicted molar refractivity (Wildman–Crippen MR) is 41.2 cm³/mol. The van der Waals surface area contributed by atoms with Crippen LogP contribution in [-0.4, -0.2) is 21.3 Å². The van der Waals surface area contributed by atoms with Gasteiger partial charge in [-0.3, -0.25) is 9.59 Å². The quantitative estimate of drug-likeness (QED) is 0.759. The molecule has 1 heterocycles. The summed E-state index contributed by atoms with van der Waals surface area (Å²) in [6, 6.07) is 0.424. The summed E-state index contributed by atoms with van der Waals surface area (Å²) < 4.78 is 36.5. The number of halogens is 3. The summed E-state index contributed by atoms with van der Waals surface area (Å²) in [4.78, 5) is 20.9. The van der Waals surface area contributed by atoms with Crippen LogP contribution in [0.4, 0.5) is 13.2 Å². The van der Waals surface area contributed by atoms with E-state index in [1.54, 1.807) is 5.10 Å². The fourth-order valence-electron chi connectivity index (χ4n) is 0.903. The largest absolute Gasteiger partial charge is 0.481 e. The molecule has 2 N–H and O–H groups in total. The van der Waals surface area contributed by atoms with Crippen molar-refractivity contribution in [1.82, 2.24) is 10.2 Å². The number of rotatable bonds is 2. The number of aliphatic carboxylic acids is 1. The number of alkyl halides is 3. The highest BCUT2D eigenvalue weighted by Gasteiger charge is 2.34. The molecule has 0 fully saturated rings. The van der Waals surface area contributed by atoms with Gasteiger partial charge in [-0.25, -0.2) is 5.10 Å². The zero-order chi connectivity index (χ0) is 11.6. The van der Waals surface area contributed by atoms with Gasteiger partial charge in [0, 0.05) is 0 Å². The second-order valence-corrected chi connectivity index (χ2v) is 2.67. The lowest BCUT2D eigenvalue weighted by atomic mass is 10.2. The molecule has 1 aromatic rings. The van der Waals surface area contributed by atoms with E-state index in [2.05, 4.69) is 5.10 Å². The van der Waals surface area contributed by atoms with Crippen molar-refractivity contribution in [2.45, 2.75) is 12.6 Å². The molecular weight excluding hydrogens is 217 g/mol. The molecule has 15 heavy (non-hydrogen) atoms. The zero-order valence-corrected chi connectivity index (χ0v) is 7.13. The van der Waals surface area contributed by atoms with Gasteiger partial charge < -0.3 is 5.11 Å². The number of carboxylic acid groups (broad SMARTS) is 1. The van der Waals surface area contributed by atoms with Crippen LogP contribution in [0.15, 0.2) is 10.9 Å². The molecule has 1 rings (SSSR count). The molecule has 8 heteroatoms. The average Bonchev–Trinajstić information content (AvgIpc) is 2.05. The number of carbonyl (C=O) groups is 1. The third kappa shape index (κ3) is 2.79. The van der Waals surface area contributed by atoms with Crippen molar-refractivity contribution in [2.75, 3.05) is 0 Å². The Morgan fingerprint density at radius 3 is 2.60 bits per heavy atom.